The summed E-state index contributed by atoms with van der Waals surface area (Å²) in [6.45, 7) is 0. The lowest BCUT2D eigenvalue weighted by Crippen LogP contribution is -2.06. The lowest BCUT2D eigenvalue weighted by Gasteiger charge is -2.12. The van der Waals surface area contributed by atoms with Gasteiger partial charge in [0.15, 0.2) is 11.6 Å². The normalized spacial score (nSPS) is 11.6. The van der Waals surface area contributed by atoms with Crippen LogP contribution in [-0.2, 0) is 0 Å². The number of hydrogen-bond acceptors (Lipinski definition) is 3. The fraction of sp³-hybridized carbons (Fsp3) is 0. The number of nitrogens with zero attached hydrogens (tertiary/aromatic N) is 4. The Morgan fingerprint density at radius 2 is 0.949 bits per heavy atom. The summed E-state index contributed by atoms with van der Waals surface area (Å²) in [6.07, 6.45) is 0. The van der Waals surface area contributed by atoms with Crippen molar-refractivity contribution < 1.29 is 0 Å². The maximum absolute atomic E-state index is 5.10. The molecule has 2 heterocycles. The van der Waals surface area contributed by atoms with Crippen LogP contribution in [0.1, 0.15) is 0 Å². The monoisotopic (exact) mass is 498 g/mol. The SMILES string of the molecule is c1ccc(-c2nc(-c3ccccc3)nc(-n3c4ccc5ccccc5c4c4ccc5ccccc5c43)n2)cc1. The molecule has 0 bridgehead atoms. The van der Waals surface area contributed by atoms with Gasteiger partial charge in [0.25, 0.3) is 0 Å². The molecule has 0 amide bonds. The highest BCUT2D eigenvalue weighted by Crippen LogP contribution is 2.39. The van der Waals surface area contributed by atoms with Gasteiger partial charge in [-0.3, -0.25) is 4.57 Å². The maximum Gasteiger partial charge on any atom is 0.238 e. The Hall–Kier alpha value is -5.35. The van der Waals surface area contributed by atoms with Gasteiger partial charge >= 0.3 is 0 Å². The molecule has 8 rings (SSSR count). The fourth-order valence-corrected chi connectivity index (χ4v) is 5.65. The summed E-state index contributed by atoms with van der Waals surface area (Å²) >= 11 is 0. The van der Waals surface area contributed by atoms with Crippen molar-refractivity contribution in [2.45, 2.75) is 0 Å². The van der Waals surface area contributed by atoms with E-state index in [1.165, 1.54) is 32.3 Å². The third kappa shape index (κ3) is 3.42. The van der Waals surface area contributed by atoms with Crippen LogP contribution in [-0.4, -0.2) is 19.5 Å². The number of fused-ring (bicyclic) bond motifs is 7. The number of rotatable bonds is 3. The molecule has 0 saturated carbocycles. The standard InChI is InChI=1S/C35H22N4/c1-3-13-25(14-4-1)33-36-34(26-15-5-2-6-16-26)38-35(37-33)39-30-22-20-23-11-7-9-17-27(23)31(30)29-21-19-24-12-8-10-18-28(24)32(29)39/h1-22H. The molecule has 182 valence electrons. The Balaban J connectivity index is 1.55. The van der Waals surface area contributed by atoms with Crippen LogP contribution in [0.4, 0.5) is 0 Å². The topological polar surface area (TPSA) is 43.6 Å². The minimum Gasteiger partial charge on any atom is -0.277 e. The quantitative estimate of drug-likeness (QED) is 0.245. The van der Waals surface area contributed by atoms with E-state index in [1.807, 2.05) is 60.7 Å². The molecule has 0 spiro atoms. The van der Waals surface area contributed by atoms with E-state index in [-0.39, 0.29) is 0 Å². The molecule has 0 radical (unpaired) electrons. The molecule has 8 aromatic rings. The van der Waals surface area contributed by atoms with Crippen molar-refractivity contribution in [3.05, 3.63) is 133 Å². The van der Waals surface area contributed by atoms with Crippen molar-refractivity contribution >= 4 is 43.4 Å². The van der Waals surface area contributed by atoms with Crippen LogP contribution in [0.15, 0.2) is 133 Å². The average molecular weight is 499 g/mol. The minimum atomic E-state index is 0.606. The summed E-state index contributed by atoms with van der Waals surface area (Å²) < 4.78 is 2.22. The molecule has 0 N–H and O–H groups in total. The summed E-state index contributed by atoms with van der Waals surface area (Å²) in [4.78, 5) is 15.1. The highest BCUT2D eigenvalue weighted by molar-refractivity contribution is 6.25. The third-order valence-electron chi connectivity index (χ3n) is 7.43. The maximum atomic E-state index is 5.10. The van der Waals surface area contributed by atoms with Gasteiger partial charge in [-0.1, -0.05) is 127 Å². The summed E-state index contributed by atoms with van der Waals surface area (Å²) in [7, 11) is 0. The molecule has 4 heteroatoms. The summed E-state index contributed by atoms with van der Waals surface area (Å²) in [5.41, 5.74) is 4.08. The summed E-state index contributed by atoms with van der Waals surface area (Å²) in [6, 6.07) is 46.2. The van der Waals surface area contributed by atoms with Gasteiger partial charge in [-0.15, -0.1) is 0 Å². The van der Waals surface area contributed by atoms with E-state index in [0.29, 0.717) is 17.6 Å². The molecule has 2 aromatic heterocycles. The van der Waals surface area contributed by atoms with Gasteiger partial charge in [0, 0.05) is 27.3 Å². The Morgan fingerprint density at radius 3 is 1.62 bits per heavy atom. The average Bonchev–Trinajstić information content (AvgIpc) is 3.37. The molecule has 6 aromatic carbocycles. The first-order chi connectivity index (χ1) is 19.3. The van der Waals surface area contributed by atoms with E-state index in [2.05, 4.69) is 77.4 Å². The molecular weight excluding hydrogens is 476 g/mol. The number of benzene rings is 6. The molecule has 4 nitrogen and oxygen atoms in total. The van der Waals surface area contributed by atoms with E-state index >= 15 is 0 Å². The second-order valence-corrected chi connectivity index (χ2v) is 9.71. The first-order valence-corrected chi connectivity index (χ1v) is 13.1. The van der Waals surface area contributed by atoms with Gasteiger partial charge in [0.05, 0.1) is 11.0 Å². The van der Waals surface area contributed by atoms with Gasteiger partial charge in [-0.05, 0) is 22.2 Å². The predicted molar refractivity (Wildman–Crippen MR) is 160 cm³/mol. The second kappa shape index (κ2) is 8.61. The Bertz CT molecular complexity index is 2110. The molecule has 39 heavy (non-hydrogen) atoms. The summed E-state index contributed by atoms with van der Waals surface area (Å²) in [5.74, 6) is 1.90. The Morgan fingerprint density at radius 1 is 0.410 bits per heavy atom. The molecule has 0 aliphatic heterocycles. The first-order valence-electron chi connectivity index (χ1n) is 13.1. The molecular formula is C35H22N4. The zero-order chi connectivity index (χ0) is 25.8. The van der Waals surface area contributed by atoms with Gasteiger partial charge in [-0.25, -0.2) is 4.98 Å². The van der Waals surface area contributed by atoms with E-state index in [9.17, 15) is 0 Å². The predicted octanol–water partition coefficient (Wildman–Crippen LogP) is 8.61. The van der Waals surface area contributed by atoms with Crippen LogP contribution in [0.25, 0.3) is 72.1 Å². The van der Waals surface area contributed by atoms with E-state index in [1.54, 1.807) is 0 Å². The van der Waals surface area contributed by atoms with Crippen LogP contribution < -0.4 is 0 Å². The van der Waals surface area contributed by atoms with Crippen LogP contribution >= 0.6 is 0 Å². The van der Waals surface area contributed by atoms with Crippen LogP contribution in [0.3, 0.4) is 0 Å². The minimum absolute atomic E-state index is 0.606. The van der Waals surface area contributed by atoms with Gasteiger partial charge in [0.1, 0.15) is 0 Å². The molecule has 0 aliphatic rings. The highest BCUT2D eigenvalue weighted by Gasteiger charge is 2.20. The largest absolute Gasteiger partial charge is 0.277 e. The van der Waals surface area contributed by atoms with Gasteiger partial charge < -0.3 is 0 Å². The van der Waals surface area contributed by atoms with Crippen molar-refractivity contribution in [3.8, 4) is 28.7 Å². The Kier molecular flexibility index (Phi) is 4.79. The molecule has 0 saturated heterocycles. The van der Waals surface area contributed by atoms with Gasteiger partial charge in [0.2, 0.25) is 5.95 Å². The van der Waals surface area contributed by atoms with Crippen LogP contribution in [0.2, 0.25) is 0 Å². The highest BCUT2D eigenvalue weighted by atomic mass is 15.2. The molecule has 0 fully saturated rings. The third-order valence-corrected chi connectivity index (χ3v) is 7.43. The molecule has 0 unspecified atom stereocenters. The zero-order valence-electron chi connectivity index (χ0n) is 21.0. The van der Waals surface area contributed by atoms with Crippen molar-refractivity contribution in [2.24, 2.45) is 0 Å². The number of aromatic nitrogens is 4. The van der Waals surface area contributed by atoms with E-state index < -0.39 is 0 Å². The lowest BCUT2D eigenvalue weighted by molar-refractivity contribution is 0.955. The van der Waals surface area contributed by atoms with E-state index in [4.69, 9.17) is 15.0 Å². The zero-order valence-corrected chi connectivity index (χ0v) is 21.0. The van der Waals surface area contributed by atoms with Crippen LogP contribution in [0.5, 0.6) is 0 Å². The smallest absolute Gasteiger partial charge is 0.238 e. The summed E-state index contributed by atoms with van der Waals surface area (Å²) in [5, 5.41) is 7.16. The fourth-order valence-electron chi connectivity index (χ4n) is 5.65. The lowest BCUT2D eigenvalue weighted by atomic mass is 10.0. The second-order valence-electron chi connectivity index (χ2n) is 9.71. The van der Waals surface area contributed by atoms with Crippen molar-refractivity contribution in [1.29, 1.82) is 0 Å². The Labute approximate surface area is 224 Å². The van der Waals surface area contributed by atoms with Crippen molar-refractivity contribution in [3.63, 3.8) is 0 Å². The van der Waals surface area contributed by atoms with E-state index in [0.717, 1.165) is 22.2 Å². The first kappa shape index (κ1) is 21.7. The number of hydrogen-bond donors (Lipinski definition) is 0. The molecule has 0 atom stereocenters. The van der Waals surface area contributed by atoms with Crippen LogP contribution in [0, 0.1) is 0 Å². The van der Waals surface area contributed by atoms with Crippen molar-refractivity contribution in [1.82, 2.24) is 19.5 Å². The molecule has 0 aliphatic carbocycles. The van der Waals surface area contributed by atoms with Crippen molar-refractivity contribution in [2.75, 3.05) is 0 Å². The van der Waals surface area contributed by atoms with Gasteiger partial charge in [-0.2, -0.15) is 9.97 Å².